The molecular weight excluding hydrogens is 331 g/mol. The molecule has 2 unspecified atom stereocenters. The topological polar surface area (TPSA) is 32.3 Å². The van der Waals surface area contributed by atoms with E-state index in [0.717, 1.165) is 50.4 Å². The lowest BCUT2D eigenvalue weighted by Gasteiger charge is -2.32. The maximum Gasteiger partial charge on any atom is 0.226 e. The van der Waals surface area contributed by atoms with Gasteiger partial charge in [-0.15, -0.1) is 0 Å². The first kappa shape index (κ1) is 17.1. The first-order valence-corrected chi connectivity index (χ1v) is 9.23. The van der Waals surface area contributed by atoms with E-state index in [1.165, 1.54) is 6.42 Å². The van der Waals surface area contributed by atoms with Crippen molar-refractivity contribution in [3.05, 3.63) is 33.8 Å². The van der Waals surface area contributed by atoms with E-state index in [-0.39, 0.29) is 5.92 Å². The molecule has 1 saturated carbocycles. The van der Waals surface area contributed by atoms with Gasteiger partial charge in [0.2, 0.25) is 5.91 Å². The summed E-state index contributed by atoms with van der Waals surface area (Å²) in [6.07, 6.45) is 4.41. The molecule has 2 atom stereocenters. The van der Waals surface area contributed by atoms with Crippen molar-refractivity contribution in [2.45, 2.75) is 31.6 Å². The minimum atomic E-state index is 0.124. The van der Waals surface area contributed by atoms with Crippen LogP contribution in [0, 0.1) is 11.8 Å². The number of carbonyl (C=O) groups is 1. The van der Waals surface area contributed by atoms with Crippen LogP contribution in [0.4, 0.5) is 0 Å². The van der Waals surface area contributed by atoms with Crippen LogP contribution >= 0.6 is 23.2 Å². The molecule has 1 aliphatic carbocycles. The summed E-state index contributed by atoms with van der Waals surface area (Å²) in [5, 5.41) is 4.51. The second-order valence-electron chi connectivity index (χ2n) is 6.81. The van der Waals surface area contributed by atoms with E-state index in [2.05, 4.69) is 10.2 Å². The largest absolute Gasteiger partial charge is 0.342 e. The molecule has 5 heteroatoms. The zero-order chi connectivity index (χ0) is 16.4. The van der Waals surface area contributed by atoms with E-state index >= 15 is 0 Å². The molecule has 0 radical (unpaired) electrons. The molecule has 1 aliphatic heterocycles. The molecule has 2 fully saturated rings. The van der Waals surface area contributed by atoms with E-state index in [1.54, 1.807) is 6.07 Å². The summed E-state index contributed by atoms with van der Waals surface area (Å²) in [6.45, 7) is 2.89. The molecule has 2 aliphatic rings. The molecule has 3 nitrogen and oxygen atoms in total. The van der Waals surface area contributed by atoms with Gasteiger partial charge in [-0.3, -0.25) is 4.79 Å². The molecule has 1 amide bonds. The van der Waals surface area contributed by atoms with Gasteiger partial charge in [0.1, 0.15) is 0 Å². The summed E-state index contributed by atoms with van der Waals surface area (Å²) in [5.41, 5.74) is 1.10. The maximum atomic E-state index is 12.7. The Kier molecular flexibility index (Phi) is 5.50. The van der Waals surface area contributed by atoms with Crippen LogP contribution in [0.1, 0.15) is 37.2 Å². The first-order chi connectivity index (χ1) is 11.1. The smallest absolute Gasteiger partial charge is 0.226 e. The lowest BCUT2D eigenvalue weighted by Crippen LogP contribution is -2.40. The van der Waals surface area contributed by atoms with E-state index < -0.39 is 0 Å². The van der Waals surface area contributed by atoms with Crippen molar-refractivity contribution < 1.29 is 4.79 Å². The van der Waals surface area contributed by atoms with Crippen LogP contribution in [-0.4, -0.2) is 37.5 Å². The van der Waals surface area contributed by atoms with Crippen molar-refractivity contribution in [1.82, 2.24) is 10.2 Å². The van der Waals surface area contributed by atoms with Crippen molar-refractivity contribution in [2.24, 2.45) is 11.8 Å². The average molecular weight is 355 g/mol. The third-order valence-electron chi connectivity index (χ3n) is 5.15. The highest BCUT2D eigenvalue weighted by Gasteiger charge is 2.46. The van der Waals surface area contributed by atoms with Crippen LogP contribution in [0.5, 0.6) is 0 Å². The summed E-state index contributed by atoms with van der Waals surface area (Å²) in [7, 11) is 1.99. The summed E-state index contributed by atoms with van der Waals surface area (Å²) >= 11 is 12.1. The summed E-state index contributed by atoms with van der Waals surface area (Å²) < 4.78 is 0. The Hall–Kier alpha value is -0.770. The molecule has 1 heterocycles. The van der Waals surface area contributed by atoms with Crippen LogP contribution in [0.3, 0.4) is 0 Å². The Balaban J connectivity index is 1.53. The molecule has 1 aromatic carbocycles. The molecule has 1 N–H and O–H groups in total. The minimum Gasteiger partial charge on any atom is -0.342 e. The molecule has 0 spiro atoms. The minimum absolute atomic E-state index is 0.124. The molecular formula is C18H24Cl2N2O. The number of halogens is 2. The SMILES string of the molecule is CNCCC1CCN(C(=O)C2CC2c2cc(Cl)cc(Cl)c2)CC1. The van der Waals surface area contributed by atoms with Crippen molar-refractivity contribution in [3.8, 4) is 0 Å². The van der Waals surface area contributed by atoms with E-state index in [4.69, 9.17) is 23.2 Å². The number of amides is 1. The number of piperidine rings is 1. The number of rotatable bonds is 5. The van der Waals surface area contributed by atoms with Crippen molar-refractivity contribution in [3.63, 3.8) is 0 Å². The fraction of sp³-hybridized carbons (Fsp3) is 0.611. The number of nitrogens with one attached hydrogen (secondary N) is 1. The Morgan fingerprint density at radius 2 is 1.87 bits per heavy atom. The number of hydrogen-bond acceptors (Lipinski definition) is 2. The van der Waals surface area contributed by atoms with Crippen LogP contribution in [-0.2, 0) is 4.79 Å². The summed E-state index contributed by atoms with van der Waals surface area (Å²) in [6, 6.07) is 5.62. The predicted octanol–water partition coefficient (Wildman–Crippen LogP) is 3.95. The summed E-state index contributed by atoms with van der Waals surface area (Å²) in [5.74, 6) is 1.49. The highest BCUT2D eigenvalue weighted by molar-refractivity contribution is 6.34. The molecule has 23 heavy (non-hydrogen) atoms. The van der Waals surface area contributed by atoms with Crippen molar-refractivity contribution in [1.29, 1.82) is 0 Å². The third-order valence-corrected chi connectivity index (χ3v) is 5.59. The predicted molar refractivity (Wildman–Crippen MR) is 95.2 cm³/mol. The lowest BCUT2D eigenvalue weighted by molar-refractivity contribution is -0.134. The van der Waals surface area contributed by atoms with E-state index in [0.29, 0.717) is 21.9 Å². The second kappa shape index (κ2) is 7.42. The molecule has 0 aromatic heterocycles. The molecule has 126 valence electrons. The van der Waals surface area contributed by atoms with Gasteiger partial charge in [-0.05, 0) is 74.9 Å². The number of carbonyl (C=O) groups excluding carboxylic acids is 1. The van der Waals surface area contributed by atoms with Gasteiger partial charge in [0, 0.05) is 29.1 Å². The number of benzene rings is 1. The maximum absolute atomic E-state index is 12.7. The van der Waals surface area contributed by atoms with E-state index in [1.807, 2.05) is 19.2 Å². The van der Waals surface area contributed by atoms with Gasteiger partial charge < -0.3 is 10.2 Å². The Labute approximate surface area is 148 Å². The first-order valence-electron chi connectivity index (χ1n) is 8.48. The zero-order valence-corrected chi connectivity index (χ0v) is 15.0. The van der Waals surface area contributed by atoms with E-state index in [9.17, 15) is 4.79 Å². The van der Waals surface area contributed by atoms with Crippen LogP contribution in [0.15, 0.2) is 18.2 Å². The number of likely N-dealkylation sites (tertiary alicyclic amines) is 1. The van der Waals surface area contributed by atoms with Crippen LogP contribution < -0.4 is 5.32 Å². The Morgan fingerprint density at radius 1 is 1.22 bits per heavy atom. The average Bonchev–Trinajstić information content (AvgIpc) is 3.32. The van der Waals surface area contributed by atoms with Gasteiger partial charge in [-0.2, -0.15) is 0 Å². The normalized spacial score (nSPS) is 24.7. The van der Waals surface area contributed by atoms with Crippen LogP contribution in [0.2, 0.25) is 10.0 Å². The third kappa shape index (κ3) is 4.20. The van der Waals surface area contributed by atoms with Gasteiger partial charge in [0.05, 0.1) is 0 Å². The van der Waals surface area contributed by atoms with Gasteiger partial charge in [0.15, 0.2) is 0 Å². The van der Waals surface area contributed by atoms with Gasteiger partial charge in [-0.1, -0.05) is 23.2 Å². The van der Waals surface area contributed by atoms with Crippen molar-refractivity contribution >= 4 is 29.1 Å². The Bertz CT molecular complexity index is 550. The monoisotopic (exact) mass is 354 g/mol. The highest BCUT2D eigenvalue weighted by Crippen LogP contribution is 2.49. The zero-order valence-electron chi connectivity index (χ0n) is 13.5. The quantitative estimate of drug-likeness (QED) is 0.868. The number of hydrogen-bond donors (Lipinski definition) is 1. The molecule has 3 rings (SSSR count). The molecule has 1 saturated heterocycles. The second-order valence-corrected chi connectivity index (χ2v) is 7.69. The van der Waals surface area contributed by atoms with Crippen molar-refractivity contribution in [2.75, 3.05) is 26.7 Å². The summed E-state index contributed by atoms with van der Waals surface area (Å²) in [4.78, 5) is 14.7. The molecule has 1 aromatic rings. The number of nitrogens with zero attached hydrogens (tertiary/aromatic N) is 1. The highest BCUT2D eigenvalue weighted by atomic mass is 35.5. The fourth-order valence-corrected chi connectivity index (χ4v) is 4.19. The van der Waals surface area contributed by atoms with Gasteiger partial charge in [0.25, 0.3) is 0 Å². The van der Waals surface area contributed by atoms with Crippen LogP contribution in [0.25, 0.3) is 0 Å². The fourth-order valence-electron chi connectivity index (χ4n) is 3.65. The molecule has 0 bridgehead atoms. The lowest BCUT2D eigenvalue weighted by atomic mass is 9.93. The van der Waals surface area contributed by atoms with Gasteiger partial charge in [-0.25, -0.2) is 0 Å². The standard InChI is InChI=1S/C18H24Cl2N2O/c1-21-5-2-12-3-6-22(7-4-12)18(23)17-11-16(17)13-8-14(19)10-15(20)9-13/h8-10,12,16-17,21H,2-7,11H2,1H3. The van der Waals surface area contributed by atoms with Gasteiger partial charge >= 0.3 is 0 Å². The Morgan fingerprint density at radius 3 is 2.48 bits per heavy atom.